The Labute approximate surface area is 220 Å². The fraction of sp³-hybridized carbons (Fsp3) is 0.273. The van der Waals surface area contributed by atoms with E-state index >= 15 is 0 Å². The lowest BCUT2D eigenvalue weighted by atomic mass is 10.1. The zero-order valence-corrected chi connectivity index (χ0v) is 21.6. The van der Waals surface area contributed by atoms with Gasteiger partial charge in [0.1, 0.15) is 0 Å². The van der Waals surface area contributed by atoms with Crippen molar-refractivity contribution < 1.29 is 15.3 Å². The fourth-order valence-corrected chi connectivity index (χ4v) is 3.43. The first-order valence-corrected chi connectivity index (χ1v) is 12.4. The first-order valence-electron chi connectivity index (χ1n) is 12.4. The lowest BCUT2D eigenvalue weighted by molar-refractivity contribution is 0.200. The van der Waals surface area contributed by atoms with Crippen LogP contribution < -0.4 is 4.90 Å². The first kappa shape index (κ1) is 27.6. The Morgan fingerprint density at radius 2 is 0.730 bits per heavy atom. The van der Waals surface area contributed by atoms with Crippen molar-refractivity contribution in [1.29, 1.82) is 0 Å². The molecule has 3 atom stereocenters. The lowest BCUT2D eigenvalue weighted by Crippen LogP contribution is -2.10. The molecule has 0 aliphatic rings. The van der Waals surface area contributed by atoms with Crippen LogP contribution in [0.4, 0.5) is 17.1 Å². The number of rotatable bonds is 6. The minimum atomic E-state index is -0.443. The third-order valence-electron chi connectivity index (χ3n) is 5.27. The standard InChI is InChI=1S/C33H33NO3/c1-25(35)7-4-10-28-13-19-31(20-14-28)34(32-21-15-29(16-22-32)11-5-8-26(2)36)33-23-17-30(18-24-33)12-6-9-27(3)37/h13-27,35-37H,7-9H2,1-3H3. The van der Waals surface area contributed by atoms with Gasteiger partial charge in [-0.15, -0.1) is 0 Å². The van der Waals surface area contributed by atoms with Gasteiger partial charge >= 0.3 is 0 Å². The van der Waals surface area contributed by atoms with Gasteiger partial charge in [-0.25, -0.2) is 0 Å². The number of benzene rings is 3. The highest BCUT2D eigenvalue weighted by molar-refractivity contribution is 5.77. The van der Waals surface area contributed by atoms with Crippen LogP contribution in [0.5, 0.6) is 0 Å². The largest absolute Gasteiger partial charge is 0.392 e. The Bertz CT molecular complexity index is 1150. The van der Waals surface area contributed by atoms with Gasteiger partial charge in [0.15, 0.2) is 0 Å². The maximum absolute atomic E-state index is 9.43. The topological polar surface area (TPSA) is 63.9 Å². The summed E-state index contributed by atoms with van der Waals surface area (Å²) in [7, 11) is 0. The van der Waals surface area contributed by atoms with E-state index in [4.69, 9.17) is 0 Å². The van der Waals surface area contributed by atoms with Gasteiger partial charge in [0.25, 0.3) is 0 Å². The van der Waals surface area contributed by atoms with Crippen molar-refractivity contribution in [2.45, 2.75) is 58.3 Å². The molecular formula is C33H33NO3. The number of anilines is 3. The molecule has 0 heterocycles. The van der Waals surface area contributed by atoms with E-state index in [1.54, 1.807) is 20.8 Å². The Morgan fingerprint density at radius 3 is 0.946 bits per heavy atom. The van der Waals surface area contributed by atoms with Crippen LogP contribution >= 0.6 is 0 Å². The van der Waals surface area contributed by atoms with E-state index in [1.165, 1.54) is 0 Å². The highest BCUT2D eigenvalue weighted by atomic mass is 16.3. The molecule has 0 saturated heterocycles. The number of nitrogens with zero attached hydrogens (tertiary/aromatic N) is 1. The molecule has 0 radical (unpaired) electrons. The van der Waals surface area contributed by atoms with Crippen molar-refractivity contribution in [1.82, 2.24) is 0 Å². The van der Waals surface area contributed by atoms with Crippen LogP contribution in [0.1, 0.15) is 56.7 Å². The second kappa shape index (κ2) is 13.9. The molecule has 0 saturated carbocycles. The first-order chi connectivity index (χ1) is 17.8. The number of hydrogen-bond donors (Lipinski definition) is 3. The quantitative estimate of drug-likeness (QED) is 0.397. The van der Waals surface area contributed by atoms with Gasteiger partial charge < -0.3 is 20.2 Å². The minimum Gasteiger partial charge on any atom is -0.392 e. The Hall–Kier alpha value is -3.98. The van der Waals surface area contributed by atoms with Crippen molar-refractivity contribution in [3.8, 4) is 35.5 Å². The second-order valence-corrected chi connectivity index (χ2v) is 9.04. The van der Waals surface area contributed by atoms with Crippen LogP contribution in [0.15, 0.2) is 72.8 Å². The molecule has 0 spiro atoms. The third-order valence-corrected chi connectivity index (χ3v) is 5.27. The van der Waals surface area contributed by atoms with Crippen molar-refractivity contribution in [3.05, 3.63) is 89.5 Å². The summed E-state index contributed by atoms with van der Waals surface area (Å²) in [5, 5.41) is 28.3. The highest BCUT2D eigenvalue weighted by Crippen LogP contribution is 2.34. The van der Waals surface area contributed by atoms with E-state index in [9.17, 15) is 15.3 Å². The van der Waals surface area contributed by atoms with Crippen LogP contribution in [-0.4, -0.2) is 33.6 Å². The van der Waals surface area contributed by atoms with Gasteiger partial charge in [-0.1, -0.05) is 35.5 Å². The van der Waals surface area contributed by atoms with E-state index in [1.807, 2.05) is 72.8 Å². The highest BCUT2D eigenvalue weighted by Gasteiger charge is 2.12. The average Bonchev–Trinajstić information content (AvgIpc) is 2.86. The predicted octanol–water partition coefficient (Wildman–Crippen LogP) is 5.52. The van der Waals surface area contributed by atoms with E-state index in [0.717, 1.165) is 33.8 Å². The third kappa shape index (κ3) is 9.20. The lowest BCUT2D eigenvalue weighted by Gasteiger charge is -2.25. The molecule has 3 N–H and O–H groups in total. The summed E-state index contributed by atoms with van der Waals surface area (Å²) in [5.74, 6) is 18.3. The molecular weight excluding hydrogens is 458 g/mol. The summed E-state index contributed by atoms with van der Waals surface area (Å²) in [6.45, 7) is 5.18. The summed E-state index contributed by atoms with van der Waals surface area (Å²) >= 11 is 0. The van der Waals surface area contributed by atoms with Gasteiger partial charge in [-0.2, -0.15) is 0 Å². The molecule has 0 aromatic heterocycles. The summed E-state index contributed by atoms with van der Waals surface area (Å²) in [6, 6.07) is 24.0. The molecule has 0 aliphatic carbocycles. The molecule has 0 fully saturated rings. The molecule has 3 unspecified atom stereocenters. The number of hydrogen-bond acceptors (Lipinski definition) is 4. The van der Waals surface area contributed by atoms with Crippen molar-refractivity contribution in [2.24, 2.45) is 0 Å². The Balaban J connectivity index is 1.93. The molecule has 3 aromatic rings. The van der Waals surface area contributed by atoms with Gasteiger partial charge in [0.2, 0.25) is 0 Å². The minimum absolute atomic E-state index is 0.437. The van der Waals surface area contributed by atoms with Gasteiger partial charge in [-0.3, -0.25) is 0 Å². The molecule has 3 aromatic carbocycles. The molecule has 4 nitrogen and oxygen atoms in total. The van der Waals surface area contributed by atoms with E-state index < -0.39 is 18.3 Å². The monoisotopic (exact) mass is 491 g/mol. The molecule has 0 aliphatic heterocycles. The zero-order chi connectivity index (χ0) is 26.6. The van der Waals surface area contributed by atoms with E-state index in [2.05, 4.69) is 40.4 Å². The van der Waals surface area contributed by atoms with Crippen LogP contribution in [-0.2, 0) is 0 Å². The van der Waals surface area contributed by atoms with Gasteiger partial charge in [-0.05, 0) is 93.6 Å². The summed E-state index contributed by atoms with van der Waals surface area (Å²) in [6.07, 6.45) is -0.0168. The molecule has 0 amide bonds. The van der Waals surface area contributed by atoms with Gasteiger partial charge in [0.05, 0.1) is 18.3 Å². The summed E-state index contributed by atoms with van der Waals surface area (Å²) in [5.41, 5.74) is 5.58. The molecule has 188 valence electrons. The molecule has 4 heteroatoms. The predicted molar refractivity (Wildman–Crippen MR) is 151 cm³/mol. The van der Waals surface area contributed by atoms with E-state index in [-0.39, 0.29) is 0 Å². The van der Waals surface area contributed by atoms with Gasteiger partial charge in [0, 0.05) is 53.0 Å². The summed E-state index contributed by atoms with van der Waals surface area (Å²) < 4.78 is 0. The smallest absolute Gasteiger partial charge is 0.0621 e. The molecule has 3 rings (SSSR count). The van der Waals surface area contributed by atoms with Crippen molar-refractivity contribution in [2.75, 3.05) is 4.90 Å². The van der Waals surface area contributed by atoms with E-state index in [0.29, 0.717) is 19.3 Å². The van der Waals surface area contributed by atoms with Crippen molar-refractivity contribution in [3.63, 3.8) is 0 Å². The van der Waals surface area contributed by atoms with Crippen LogP contribution in [0.25, 0.3) is 0 Å². The molecule has 0 bridgehead atoms. The van der Waals surface area contributed by atoms with Crippen LogP contribution in [0, 0.1) is 35.5 Å². The maximum atomic E-state index is 9.43. The number of aliphatic hydroxyl groups is 3. The average molecular weight is 492 g/mol. The second-order valence-electron chi connectivity index (χ2n) is 9.04. The Kier molecular flexibility index (Phi) is 10.4. The summed E-state index contributed by atoms with van der Waals surface area (Å²) in [4.78, 5) is 2.15. The number of aliphatic hydroxyl groups excluding tert-OH is 3. The van der Waals surface area contributed by atoms with Crippen molar-refractivity contribution >= 4 is 17.1 Å². The SMILES string of the molecule is CC(O)CC#Cc1ccc(N(c2ccc(C#CCC(C)O)cc2)c2ccc(C#CCC(C)O)cc2)cc1. The fourth-order valence-electron chi connectivity index (χ4n) is 3.43. The Morgan fingerprint density at radius 1 is 0.486 bits per heavy atom. The molecule has 37 heavy (non-hydrogen) atoms. The van der Waals surface area contributed by atoms with Crippen LogP contribution in [0.3, 0.4) is 0 Å². The maximum Gasteiger partial charge on any atom is 0.0621 e. The normalized spacial score (nSPS) is 12.5. The zero-order valence-electron chi connectivity index (χ0n) is 21.6. The van der Waals surface area contributed by atoms with Crippen LogP contribution in [0.2, 0.25) is 0 Å².